The summed E-state index contributed by atoms with van der Waals surface area (Å²) in [5, 5.41) is 2.08. The van der Waals surface area contributed by atoms with Crippen LogP contribution in [0.2, 0.25) is 0 Å². The minimum atomic E-state index is -0.489. The Balaban J connectivity index is 1.92. The van der Waals surface area contributed by atoms with Crippen LogP contribution in [0.4, 0.5) is 10.1 Å². The summed E-state index contributed by atoms with van der Waals surface area (Å²) >= 11 is 1.75. The van der Waals surface area contributed by atoms with Crippen LogP contribution in [0.1, 0.15) is 40.2 Å². The summed E-state index contributed by atoms with van der Waals surface area (Å²) in [4.78, 5) is 16.0. The molecule has 1 aromatic heterocycles. The molecule has 3 rings (SSSR count). The molecule has 0 aliphatic carbocycles. The smallest absolute Gasteiger partial charge is 0.254 e. The SMILES string of the molecule is CCC1c2ccsc2CCN1C(=O)c1ccc(F)c(N)c1. The average Bonchev–Trinajstić information content (AvgIpc) is 2.96. The molecule has 2 aromatic rings. The van der Waals surface area contributed by atoms with E-state index in [1.165, 1.54) is 28.6 Å². The molecule has 1 atom stereocenters. The van der Waals surface area contributed by atoms with E-state index in [9.17, 15) is 9.18 Å². The third-order valence-electron chi connectivity index (χ3n) is 3.99. The zero-order valence-electron chi connectivity index (χ0n) is 11.8. The van der Waals surface area contributed by atoms with Crippen LogP contribution in [-0.2, 0) is 6.42 Å². The standard InChI is InChI=1S/C16H17FN2OS/c1-2-14-11-6-8-21-15(11)5-7-19(14)16(20)10-3-4-12(17)13(18)9-10/h3-4,6,8-9,14H,2,5,7,18H2,1H3. The van der Waals surface area contributed by atoms with Gasteiger partial charge in [-0.25, -0.2) is 4.39 Å². The van der Waals surface area contributed by atoms with E-state index in [0.717, 1.165) is 12.8 Å². The number of carbonyl (C=O) groups is 1. The number of hydrogen-bond acceptors (Lipinski definition) is 3. The summed E-state index contributed by atoms with van der Waals surface area (Å²) in [5.74, 6) is -0.567. The molecule has 1 unspecified atom stereocenters. The second-order valence-corrected chi connectivity index (χ2v) is 6.21. The van der Waals surface area contributed by atoms with Crippen molar-refractivity contribution < 1.29 is 9.18 Å². The van der Waals surface area contributed by atoms with Gasteiger partial charge in [0.1, 0.15) is 5.82 Å². The zero-order valence-corrected chi connectivity index (χ0v) is 12.6. The number of benzene rings is 1. The van der Waals surface area contributed by atoms with Crippen LogP contribution in [-0.4, -0.2) is 17.4 Å². The highest BCUT2D eigenvalue weighted by molar-refractivity contribution is 7.10. The molecule has 1 aliphatic heterocycles. The first kappa shape index (κ1) is 14.1. The van der Waals surface area contributed by atoms with Crippen LogP contribution in [0.3, 0.4) is 0 Å². The van der Waals surface area contributed by atoms with Gasteiger partial charge in [-0.2, -0.15) is 0 Å². The fourth-order valence-corrected chi connectivity index (χ4v) is 3.85. The lowest BCUT2D eigenvalue weighted by molar-refractivity contribution is 0.0657. The maximum atomic E-state index is 13.3. The van der Waals surface area contributed by atoms with Gasteiger partial charge in [0, 0.05) is 17.0 Å². The maximum Gasteiger partial charge on any atom is 0.254 e. The quantitative estimate of drug-likeness (QED) is 0.861. The Labute approximate surface area is 127 Å². The van der Waals surface area contributed by atoms with E-state index in [1.807, 2.05) is 4.90 Å². The molecule has 2 N–H and O–H groups in total. The second kappa shape index (κ2) is 5.48. The van der Waals surface area contributed by atoms with Crippen LogP contribution < -0.4 is 5.73 Å². The molecule has 5 heteroatoms. The third-order valence-corrected chi connectivity index (χ3v) is 4.98. The molecule has 110 valence electrons. The number of fused-ring (bicyclic) bond motifs is 1. The highest BCUT2D eigenvalue weighted by Crippen LogP contribution is 2.36. The van der Waals surface area contributed by atoms with Crippen LogP contribution in [0.15, 0.2) is 29.6 Å². The summed E-state index contributed by atoms with van der Waals surface area (Å²) in [6.45, 7) is 2.78. The Morgan fingerprint density at radius 3 is 3.00 bits per heavy atom. The Morgan fingerprint density at radius 1 is 1.48 bits per heavy atom. The van der Waals surface area contributed by atoms with Crippen molar-refractivity contribution in [3.8, 4) is 0 Å². The molecule has 1 aromatic carbocycles. The summed E-state index contributed by atoms with van der Waals surface area (Å²) in [6.07, 6.45) is 1.75. The number of nitrogen functional groups attached to an aromatic ring is 1. The molecule has 0 saturated heterocycles. The number of nitrogens with zero attached hydrogens (tertiary/aromatic N) is 1. The number of anilines is 1. The number of rotatable bonds is 2. The number of thiophene rings is 1. The molecule has 2 heterocycles. The van der Waals surface area contributed by atoms with Crippen molar-refractivity contribution in [1.29, 1.82) is 0 Å². The molecule has 1 amide bonds. The third kappa shape index (κ3) is 2.42. The van der Waals surface area contributed by atoms with Gasteiger partial charge in [0.25, 0.3) is 5.91 Å². The topological polar surface area (TPSA) is 46.3 Å². The first-order valence-electron chi connectivity index (χ1n) is 7.04. The van der Waals surface area contributed by atoms with E-state index in [0.29, 0.717) is 12.1 Å². The van der Waals surface area contributed by atoms with E-state index in [4.69, 9.17) is 5.73 Å². The van der Waals surface area contributed by atoms with Crippen LogP contribution in [0.25, 0.3) is 0 Å². The van der Waals surface area contributed by atoms with Gasteiger partial charge in [-0.15, -0.1) is 11.3 Å². The lowest BCUT2D eigenvalue weighted by Crippen LogP contribution is -2.39. The largest absolute Gasteiger partial charge is 0.396 e. The summed E-state index contributed by atoms with van der Waals surface area (Å²) in [5.41, 5.74) is 7.28. The van der Waals surface area contributed by atoms with Gasteiger partial charge in [0.15, 0.2) is 0 Å². The van der Waals surface area contributed by atoms with Crippen molar-refractivity contribution >= 4 is 22.9 Å². The fraction of sp³-hybridized carbons (Fsp3) is 0.312. The molecule has 0 bridgehead atoms. The van der Waals surface area contributed by atoms with E-state index < -0.39 is 5.82 Å². The first-order valence-corrected chi connectivity index (χ1v) is 7.92. The molecule has 21 heavy (non-hydrogen) atoms. The van der Waals surface area contributed by atoms with E-state index in [-0.39, 0.29) is 17.6 Å². The van der Waals surface area contributed by atoms with Crippen LogP contribution >= 0.6 is 11.3 Å². The normalized spacial score (nSPS) is 17.6. The molecule has 1 aliphatic rings. The average molecular weight is 304 g/mol. The molecule has 0 saturated carbocycles. The molecular formula is C16H17FN2OS. The van der Waals surface area contributed by atoms with Crippen molar-refractivity contribution in [2.24, 2.45) is 0 Å². The van der Waals surface area contributed by atoms with Crippen molar-refractivity contribution in [3.63, 3.8) is 0 Å². The van der Waals surface area contributed by atoms with E-state index in [1.54, 1.807) is 11.3 Å². The van der Waals surface area contributed by atoms with Crippen LogP contribution in [0, 0.1) is 5.82 Å². The monoisotopic (exact) mass is 304 g/mol. The molecule has 0 radical (unpaired) electrons. The summed E-state index contributed by atoms with van der Waals surface area (Å²) < 4.78 is 13.3. The first-order chi connectivity index (χ1) is 10.1. The fourth-order valence-electron chi connectivity index (χ4n) is 2.92. The number of nitrogens with two attached hydrogens (primary N) is 1. The van der Waals surface area contributed by atoms with Gasteiger partial charge in [-0.3, -0.25) is 4.79 Å². The van der Waals surface area contributed by atoms with Crippen molar-refractivity contribution in [3.05, 3.63) is 51.5 Å². The summed E-state index contributed by atoms with van der Waals surface area (Å²) in [7, 11) is 0. The highest BCUT2D eigenvalue weighted by Gasteiger charge is 2.30. The van der Waals surface area contributed by atoms with Gasteiger partial charge in [-0.1, -0.05) is 6.92 Å². The molecule has 0 fully saturated rings. The molecule has 0 spiro atoms. The summed E-state index contributed by atoms with van der Waals surface area (Å²) in [6, 6.07) is 6.38. The van der Waals surface area contributed by atoms with Gasteiger partial charge in [-0.05, 0) is 48.1 Å². The van der Waals surface area contributed by atoms with Crippen molar-refractivity contribution in [2.75, 3.05) is 12.3 Å². The van der Waals surface area contributed by atoms with Gasteiger partial charge >= 0.3 is 0 Å². The predicted octanol–water partition coefficient (Wildman–Crippen LogP) is 3.62. The lowest BCUT2D eigenvalue weighted by atomic mass is 9.97. The number of halogens is 1. The zero-order chi connectivity index (χ0) is 15.0. The van der Waals surface area contributed by atoms with E-state index >= 15 is 0 Å². The van der Waals surface area contributed by atoms with Gasteiger partial charge in [0.05, 0.1) is 11.7 Å². The second-order valence-electron chi connectivity index (χ2n) is 5.21. The Hall–Kier alpha value is -1.88. The number of carbonyl (C=O) groups excluding carboxylic acids is 1. The highest BCUT2D eigenvalue weighted by atomic mass is 32.1. The molecule has 3 nitrogen and oxygen atoms in total. The maximum absolute atomic E-state index is 13.3. The number of amides is 1. The minimum Gasteiger partial charge on any atom is -0.396 e. The van der Waals surface area contributed by atoms with Gasteiger partial charge < -0.3 is 10.6 Å². The predicted molar refractivity (Wildman–Crippen MR) is 82.9 cm³/mol. The molecular weight excluding hydrogens is 287 g/mol. The minimum absolute atomic E-state index is 0.0159. The Kier molecular flexibility index (Phi) is 3.68. The lowest BCUT2D eigenvalue weighted by Gasteiger charge is -2.35. The van der Waals surface area contributed by atoms with E-state index in [2.05, 4.69) is 18.4 Å². The Morgan fingerprint density at radius 2 is 2.29 bits per heavy atom. The Bertz CT molecular complexity index is 683. The number of hydrogen-bond donors (Lipinski definition) is 1. The van der Waals surface area contributed by atoms with Crippen molar-refractivity contribution in [1.82, 2.24) is 4.90 Å². The van der Waals surface area contributed by atoms with Gasteiger partial charge in [0.2, 0.25) is 0 Å². The van der Waals surface area contributed by atoms with Crippen molar-refractivity contribution in [2.45, 2.75) is 25.8 Å². The van der Waals surface area contributed by atoms with Crippen LogP contribution in [0.5, 0.6) is 0 Å².